The van der Waals surface area contributed by atoms with E-state index in [9.17, 15) is 9.59 Å². The molecule has 5 heteroatoms. The number of carbonyl (C=O) groups is 2. The van der Waals surface area contributed by atoms with Crippen molar-refractivity contribution in [2.45, 2.75) is 64.5 Å². The molecule has 5 nitrogen and oxygen atoms in total. The van der Waals surface area contributed by atoms with E-state index >= 15 is 0 Å². The topological polar surface area (TPSA) is 64.6 Å². The van der Waals surface area contributed by atoms with Crippen molar-refractivity contribution in [1.82, 2.24) is 5.32 Å². The lowest BCUT2D eigenvalue weighted by atomic mass is 10.1. The van der Waals surface area contributed by atoms with Crippen molar-refractivity contribution in [3.8, 4) is 5.75 Å². The Bertz CT molecular complexity index is 577. The van der Waals surface area contributed by atoms with E-state index in [1.807, 2.05) is 13.0 Å². The van der Waals surface area contributed by atoms with E-state index in [-0.39, 0.29) is 11.9 Å². The number of benzene rings is 1. The highest BCUT2D eigenvalue weighted by Crippen LogP contribution is 2.21. The zero-order chi connectivity index (χ0) is 17.5. The maximum atomic E-state index is 12.4. The van der Waals surface area contributed by atoms with E-state index in [0.717, 1.165) is 31.2 Å². The van der Waals surface area contributed by atoms with Gasteiger partial charge in [0.15, 0.2) is 6.10 Å². The first-order chi connectivity index (χ1) is 11.5. The van der Waals surface area contributed by atoms with E-state index < -0.39 is 12.1 Å². The average Bonchev–Trinajstić information content (AvgIpc) is 2.83. The molecule has 0 heterocycles. The lowest BCUT2D eigenvalue weighted by Crippen LogP contribution is -2.41. The number of nitrogens with one attached hydrogen (secondary N) is 1. The van der Waals surface area contributed by atoms with Crippen molar-refractivity contribution >= 4 is 11.9 Å². The molecule has 0 aromatic heterocycles. The molecule has 1 aliphatic rings. The van der Waals surface area contributed by atoms with Crippen molar-refractivity contribution in [1.29, 1.82) is 0 Å². The monoisotopic (exact) mass is 333 g/mol. The summed E-state index contributed by atoms with van der Waals surface area (Å²) >= 11 is 0. The molecule has 1 aromatic carbocycles. The third kappa shape index (κ3) is 4.98. The summed E-state index contributed by atoms with van der Waals surface area (Å²) in [7, 11) is 1.50. The molecule has 1 fully saturated rings. The fourth-order valence-electron chi connectivity index (χ4n) is 3.00. The maximum Gasteiger partial charge on any atom is 0.342 e. The second kappa shape index (κ2) is 8.71. The molecular weight excluding hydrogens is 306 g/mol. The number of hydrogen-bond donors (Lipinski definition) is 1. The number of esters is 1. The van der Waals surface area contributed by atoms with Gasteiger partial charge in [-0.25, -0.2) is 4.79 Å². The molecular formula is C19H27NO4. The summed E-state index contributed by atoms with van der Waals surface area (Å²) in [6.07, 6.45) is 5.90. The Morgan fingerprint density at radius 2 is 1.83 bits per heavy atom. The molecule has 1 amide bonds. The van der Waals surface area contributed by atoms with E-state index in [1.54, 1.807) is 19.1 Å². The van der Waals surface area contributed by atoms with E-state index in [2.05, 4.69) is 5.32 Å². The quantitative estimate of drug-likeness (QED) is 0.663. The number of aryl methyl sites for hydroxylation is 1. The predicted molar refractivity (Wildman–Crippen MR) is 92.2 cm³/mol. The van der Waals surface area contributed by atoms with Gasteiger partial charge in [-0.15, -0.1) is 0 Å². The van der Waals surface area contributed by atoms with Gasteiger partial charge in [0.25, 0.3) is 5.91 Å². The van der Waals surface area contributed by atoms with Crippen molar-refractivity contribution in [2.24, 2.45) is 0 Å². The number of carbonyl (C=O) groups excluding carboxylic acids is 2. The van der Waals surface area contributed by atoms with Gasteiger partial charge < -0.3 is 14.8 Å². The minimum Gasteiger partial charge on any atom is -0.496 e. The molecule has 0 bridgehead atoms. The minimum atomic E-state index is -0.828. The molecule has 2 rings (SSSR count). The first kappa shape index (κ1) is 18.3. The van der Waals surface area contributed by atoms with Gasteiger partial charge in [-0.2, -0.15) is 0 Å². The van der Waals surface area contributed by atoms with E-state index in [1.165, 1.54) is 20.0 Å². The Labute approximate surface area is 143 Å². The van der Waals surface area contributed by atoms with Gasteiger partial charge in [0.05, 0.1) is 7.11 Å². The Balaban J connectivity index is 1.95. The van der Waals surface area contributed by atoms with Crippen LogP contribution < -0.4 is 10.1 Å². The molecule has 1 aliphatic carbocycles. The van der Waals surface area contributed by atoms with Crippen LogP contribution in [0, 0.1) is 6.92 Å². The highest BCUT2D eigenvalue weighted by atomic mass is 16.5. The van der Waals surface area contributed by atoms with Crippen LogP contribution in [0.1, 0.15) is 61.4 Å². The Hall–Kier alpha value is -2.04. The maximum absolute atomic E-state index is 12.4. The molecule has 0 spiro atoms. The van der Waals surface area contributed by atoms with Crippen LogP contribution >= 0.6 is 0 Å². The highest BCUT2D eigenvalue weighted by Gasteiger charge is 2.23. The molecule has 24 heavy (non-hydrogen) atoms. The van der Waals surface area contributed by atoms with Gasteiger partial charge in [0.2, 0.25) is 0 Å². The summed E-state index contributed by atoms with van der Waals surface area (Å²) in [5.74, 6) is -0.331. The average molecular weight is 333 g/mol. The van der Waals surface area contributed by atoms with Crippen LogP contribution in [0.4, 0.5) is 0 Å². The van der Waals surface area contributed by atoms with Crippen LogP contribution in [0.15, 0.2) is 18.2 Å². The van der Waals surface area contributed by atoms with Crippen molar-refractivity contribution in [2.75, 3.05) is 7.11 Å². The number of rotatable bonds is 5. The molecule has 1 saturated carbocycles. The van der Waals surface area contributed by atoms with Gasteiger partial charge in [0, 0.05) is 6.04 Å². The number of hydrogen-bond acceptors (Lipinski definition) is 4. The fourth-order valence-corrected chi connectivity index (χ4v) is 3.00. The molecule has 0 radical (unpaired) electrons. The summed E-state index contributed by atoms with van der Waals surface area (Å²) in [6, 6.07) is 5.48. The van der Waals surface area contributed by atoms with Gasteiger partial charge >= 0.3 is 5.97 Å². The molecule has 132 valence electrons. The van der Waals surface area contributed by atoms with Gasteiger partial charge in [-0.05, 0) is 38.8 Å². The zero-order valence-electron chi connectivity index (χ0n) is 14.8. The standard InChI is InChI=1S/C19H27NO4/c1-13-10-11-17(23-3)16(12-13)19(22)24-14(2)18(21)20-15-8-6-4-5-7-9-15/h10-12,14-15H,4-9H2,1-3H3,(H,20,21)/t14-/m0/s1. The lowest BCUT2D eigenvalue weighted by Gasteiger charge is -2.20. The summed E-state index contributed by atoms with van der Waals surface area (Å²) in [6.45, 7) is 3.49. The van der Waals surface area contributed by atoms with Crippen molar-refractivity contribution in [3.63, 3.8) is 0 Å². The highest BCUT2D eigenvalue weighted by molar-refractivity contribution is 5.94. The first-order valence-electron chi connectivity index (χ1n) is 8.67. The van der Waals surface area contributed by atoms with Gasteiger partial charge in [-0.1, -0.05) is 37.3 Å². The predicted octanol–water partition coefficient (Wildman–Crippen LogP) is 3.39. The summed E-state index contributed by atoms with van der Waals surface area (Å²) in [5, 5.41) is 3.01. The molecule has 0 saturated heterocycles. The van der Waals surface area contributed by atoms with Crippen LogP contribution in [0.5, 0.6) is 5.75 Å². The minimum absolute atomic E-state index is 0.189. The summed E-state index contributed by atoms with van der Waals surface area (Å²) in [5.41, 5.74) is 1.27. The van der Waals surface area contributed by atoms with Crippen LogP contribution in [0.3, 0.4) is 0 Å². The largest absolute Gasteiger partial charge is 0.496 e. The van der Waals surface area contributed by atoms with Crippen molar-refractivity contribution in [3.05, 3.63) is 29.3 Å². The number of ether oxygens (including phenoxy) is 2. The second-order valence-electron chi connectivity index (χ2n) is 6.45. The van der Waals surface area contributed by atoms with E-state index in [4.69, 9.17) is 9.47 Å². The number of amides is 1. The fraction of sp³-hybridized carbons (Fsp3) is 0.579. The molecule has 1 atom stereocenters. The Kier molecular flexibility index (Phi) is 6.64. The number of methoxy groups -OCH3 is 1. The Morgan fingerprint density at radius 3 is 2.46 bits per heavy atom. The third-order valence-corrected chi connectivity index (χ3v) is 4.43. The molecule has 0 aliphatic heterocycles. The molecule has 1 N–H and O–H groups in total. The normalized spacial score (nSPS) is 16.8. The molecule has 1 aromatic rings. The third-order valence-electron chi connectivity index (χ3n) is 4.43. The zero-order valence-corrected chi connectivity index (χ0v) is 14.8. The Morgan fingerprint density at radius 1 is 1.17 bits per heavy atom. The summed E-state index contributed by atoms with van der Waals surface area (Å²) in [4.78, 5) is 24.6. The van der Waals surface area contributed by atoms with Crippen LogP contribution in [0.25, 0.3) is 0 Å². The second-order valence-corrected chi connectivity index (χ2v) is 6.45. The van der Waals surface area contributed by atoms with Crippen LogP contribution in [-0.4, -0.2) is 31.1 Å². The van der Waals surface area contributed by atoms with Crippen LogP contribution in [-0.2, 0) is 9.53 Å². The first-order valence-corrected chi connectivity index (χ1v) is 8.67. The van der Waals surface area contributed by atoms with E-state index in [0.29, 0.717) is 11.3 Å². The lowest BCUT2D eigenvalue weighted by molar-refractivity contribution is -0.129. The van der Waals surface area contributed by atoms with Gasteiger partial charge in [-0.3, -0.25) is 4.79 Å². The SMILES string of the molecule is COc1ccc(C)cc1C(=O)O[C@@H](C)C(=O)NC1CCCCCC1. The molecule has 0 unspecified atom stereocenters. The van der Waals surface area contributed by atoms with Gasteiger partial charge in [0.1, 0.15) is 11.3 Å². The van der Waals surface area contributed by atoms with Crippen LogP contribution in [0.2, 0.25) is 0 Å². The van der Waals surface area contributed by atoms with Crippen molar-refractivity contribution < 1.29 is 19.1 Å². The summed E-state index contributed by atoms with van der Waals surface area (Å²) < 4.78 is 10.5. The smallest absolute Gasteiger partial charge is 0.342 e.